The van der Waals surface area contributed by atoms with Gasteiger partial charge in [0.1, 0.15) is 0 Å². The van der Waals surface area contributed by atoms with Gasteiger partial charge in [0.25, 0.3) is 0 Å². The van der Waals surface area contributed by atoms with Crippen LogP contribution in [0, 0.1) is 11.3 Å². The van der Waals surface area contributed by atoms with Crippen LogP contribution in [0.4, 0.5) is 0 Å². The van der Waals surface area contributed by atoms with Crippen molar-refractivity contribution in [1.29, 1.82) is 0 Å². The van der Waals surface area contributed by atoms with Gasteiger partial charge in [-0.1, -0.05) is 32.6 Å². The predicted molar refractivity (Wildman–Crippen MR) is 77.0 cm³/mol. The van der Waals surface area contributed by atoms with Crippen LogP contribution in [0.2, 0.25) is 0 Å². The molecular formula is C17H30O2. The van der Waals surface area contributed by atoms with E-state index in [9.17, 15) is 0 Å². The lowest BCUT2D eigenvalue weighted by molar-refractivity contribution is -0.257. The summed E-state index contributed by atoms with van der Waals surface area (Å²) in [6, 6.07) is 0. The third kappa shape index (κ3) is 2.25. The molecule has 1 saturated heterocycles. The van der Waals surface area contributed by atoms with Gasteiger partial charge in [-0.25, -0.2) is 0 Å². The van der Waals surface area contributed by atoms with E-state index >= 15 is 0 Å². The first-order chi connectivity index (χ1) is 9.33. The second-order valence-electron chi connectivity index (χ2n) is 6.90. The average Bonchev–Trinajstić information content (AvgIpc) is 3.08. The Kier molecular flexibility index (Phi) is 4.19. The normalized spacial score (nSPS) is 39.0. The monoisotopic (exact) mass is 266 g/mol. The number of fused-ring (bicyclic) bond motifs is 1. The van der Waals surface area contributed by atoms with E-state index in [1.807, 2.05) is 0 Å². The van der Waals surface area contributed by atoms with Crippen molar-refractivity contribution in [1.82, 2.24) is 0 Å². The highest BCUT2D eigenvalue weighted by Crippen LogP contribution is 2.62. The van der Waals surface area contributed by atoms with Gasteiger partial charge >= 0.3 is 0 Å². The molecule has 2 aliphatic carbocycles. The smallest absolute Gasteiger partial charge is 0.174 e. The molecule has 3 rings (SSSR count). The topological polar surface area (TPSA) is 18.5 Å². The molecule has 3 aliphatic rings. The Hall–Kier alpha value is -0.0800. The van der Waals surface area contributed by atoms with E-state index in [2.05, 4.69) is 6.92 Å². The second kappa shape index (κ2) is 5.73. The molecule has 19 heavy (non-hydrogen) atoms. The van der Waals surface area contributed by atoms with Crippen molar-refractivity contribution < 1.29 is 9.47 Å². The summed E-state index contributed by atoms with van der Waals surface area (Å²) in [6.45, 7) is 4.09. The van der Waals surface area contributed by atoms with Gasteiger partial charge in [-0.2, -0.15) is 0 Å². The fourth-order valence-electron chi connectivity index (χ4n) is 5.05. The minimum atomic E-state index is -0.185. The van der Waals surface area contributed by atoms with Gasteiger partial charge in [0.2, 0.25) is 0 Å². The highest BCUT2D eigenvalue weighted by molar-refractivity contribution is 5.07. The van der Waals surface area contributed by atoms with Crippen LogP contribution >= 0.6 is 0 Å². The molecule has 0 N–H and O–H groups in total. The summed E-state index contributed by atoms with van der Waals surface area (Å²) in [5, 5.41) is 0. The first kappa shape index (κ1) is 13.9. The summed E-state index contributed by atoms with van der Waals surface area (Å²) in [5.41, 5.74) is 0.385. The van der Waals surface area contributed by atoms with E-state index in [0.717, 1.165) is 25.6 Å². The molecule has 0 aromatic carbocycles. The third-order valence-electron chi connectivity index (χ3n) is 5.99. The Morgan fingerprint density at radius 2 is 1.89 bits per heavy atom. The van der Waals surface area contributed by atoms with Crippen LogP contribution in [0.25, 0.3) is 0 Å². The summed E-state index contributed by atoms with van der Waals surface area (Å²) in [5.74, 6) is 0.694. The zero-order valence-electron chi connectivity index (χ0n) is 12.6. The maximum atomic E-state index is 6.41. The molecule has 0 aromatic rings. The molecule has 2 heteroatoms. The van der Waals surface area contributed by atoms with Gasteiger partial charge in [0, 0.05) is 11.8 Å². The van der Waals surface area contributed by atoms with Gasteiger partial charge in [-0.3, -0.25) is 0 Å². The van der Waals surface area contributed by atoms with Crippen LogP contribution < -0.4 is 0 Å². The lowest BCUT2D eigenvalue weighted by Gasteiger charge is -2.43. The summed E-state index contributed by atoms with van der Waals surface area (Å²) < 4.78 is 12.6. The van der Waals surface area contributed by atoms with Crippen molar-refractivity contribution in [2.24, 2.45) is 11.3 Å². The molecule has 2 saturated carbocycles. The van der Waals surface area contributed by atoms with Crippen LogP contribution in [-0.4, -0.2) is 19.0 Å². The lowest BCUT2D eigenvalue weighted by Crippen LogP contribution is -2.47. The summed E-state index contributed by atoms with van der Waals surface area (Å²) in [7, 11) is 0. The fourth-order valence-corrected chi connectivity index (χ4v) is 5.05. The summed E-state index contributed by atoms with van der Waals surface area (Å²) >= 11 is 0. The number of hydrogen-bond donors (Lipinski definition) is 0. The third-order valence-corrected chi connectivity index (χ3v) is 5.99. The molecule has 0 spiro atoms. The molecule has 1 aliphatic heterocycles. The van der Waals surface area contributed by atoms with E-state index in [-0.39, 0.29) is 5.79 Å². The Balaban J connectivity index is 1.70. The molecule has 0 aromatic heterocycles. The van der Waals surface area contributed by atoms with Gasteiger partial charge in [-0.15, -0.1) is 0 Å². The van der Waals surface area contributed by atoms with Crippen LogP contribution in [0.1, 0.15) is 77.6 Å². The summed E-state index contributed by atoms with van der Waals surface area (Å²) in [6.07, 6.45) is 14.5. The highest BCUT2D eigenvalue weighted by atomic mass is 16.7. The molecule has 0 amide bonds. The van der Waals surface area contributed by atoms with Gasteiger partial charge in [0.15, 0.2) is 5.79 Å². The van der Waals surface area contributed by atoms with Crippen molar-refractivity contribution in [3.8, 4) is 0 Å². The standard InChI is InChI=1S/C17H30O2/c1-2-3-6-13-18-17-11-7-10-16(17,12-14-19-17)15-8-4-5-9-15/h15H,2-14H2,1H3. The first-order valence-corrected chi connectivity index (χ1v) is 8.61. The van der Waals surface area contributed by atoms with Crippen molar-refractivity contribution in [3.05, 3.63) is 0 Å². The fraction of sp³-hybridized carbons (Fsp3) is 1.00. The first-order valence-electron chi connectivity index (χ1n) is 8.61. The van der Waals surface area contributed by atoms with Crippen molar-refractivity contribution in [2.45, 2.75) is 83.3 Å². The SMILES string of the molecule is CCCCCOC12CCCC1(C1CCCC1)CCO2. The Morgan fingerprint density at radius 3 is 2.68 bits per heavy atom. The van der Waals surface area contributed by atoms with Gasteiger partial charge in [-0.05, 0) is 44.4 Å². The maximum absolute atomic E-state index is 6.41. The Labute approximate surface area is 118 Å². The van der Waals surface area contributed by atoms with Crippen LogP contribution in [0.3, 0.4) is 0 Å². The second-order valence-corrected chi connectivity index (χ2v) is 6.90. The highest BCUT2D eigenvalue weighted by Gasteiger charge is 2.63. The largest absolute Gasteiger partial charge is 0.349 e. The van der Waals surface area contributed by atoms with Crippen molar-refractivity contribution in [2.75, 3.05) is 13.2 Å². The van der Waals surface area contributed by atoms with Crippen LogP contribution in [0.5, 0.6) is 0 Å². The van der Waals surface area contributed by atoms with Gasteiger partial charge in [0.05, 0.1) is 13.2 Å². The minimum absolute atomic E-state index is 0.185. The molecule has 110 valence electrons. The zero-order valence-corrected chi connectivity index (χ0v) is 12.6. The summed E-state index contributed by atoms with van der Waals surface area (Å²) in [4.78, 5) is 0. The average molecular weight is 266 g/mol. The van der Waals surface area contributed by atoms with Crippen molar-refractivity contribution >= 4 is 0 Å². The number of rotatable bonds is 6. The van der Waals surface area contributed by atoms with Gasteiger partial charge < -0.3 is 9.47 Å². The lowest BCUT2D eigenvalue weighted by atomic mass is 9.69. The molecule has 2 atom stereocenters. The van der Waals surface area contributed by atoms with E-state index in [0.29, 0.717) is 5.41 Å². The van der Waals surface area contributed by atoms with E-state index in [1.165, 1.54) is 64.2 Å². The zero-order chi connectivity index (χ0) is 13.2. The number of ether oxygens (including phenoxy) is 2. The Bertz CT molecular complexity index is 284. The molecular weight excluding hydrogens is 236 g/mol. The minimum Gasteiger partial charge on any atom is -0.349 e. The number of unbranched alkanes of at least 4 members (excludes halogenated alkanes) is 2. The maximum Gasteiger partial charge on any atom is 0.174 e. The number of hydrogen-bond acceptors (Lipinski definition) is 2. The quantitative estimate of drug-likeness (QED) is 0.650. The predicted octanol–water partition coefficient (Wildman–Crippen LogP) is 4.67. The van der Waals surface area contributed by atoms with Crippen LogP contribution in [-0.2, 0) is 9.47 Å². The molecule has 0 radical (unpaired) electrons. The van der Waals surface area contributed by atoms with Crippen LogP contribution in [0.15, 0.2) is 0 Å². The van der Waals surface area contributed by atoms with E-state index < -0.39 is 0 Å². The Morgan fingerprint density at radius 1 is 1.05 bits per heavy atom. The van der Waals surface area contributed by atoms with Crippen molar-refractivity contribution in [3.63, 3.8) is 0 Å². The molecule has 2 nitrogen and oxygen atoms in total. The molecule has 1 heterocycles. The molecule has 3 fully saturated rings. The van der Waals surface area contributed by atoms with E-state index in [4.69, 9.17) is 9.47 Å². The molecule has 0 bridgehead atoms. The van der Waals surface area contributed by atoms with E-state index in [1.54, 1.807) is 0 Å². The molecule has 2 unspecified atom stereocenters.